The lowest BCUT2D eigenvalue weighted by atomic mass is 10.2. The number of aromatic nitrogens is 1. The van der Waals surface area contributed by atoms with Gasteiger partial charge < -0.3 is 4.74 Å². The molecule has 0 aliphatic carbocycles. The smallest absolute Gasteiger partial charge is 0.140 e. The van der Waals surface area contributed by atoms with Gasteiger partial charge in [-0.3, -0.25) is 4.98 Å². The van der Waals surface area contributed by atoms with E-state index in [9.17, 15) is 0 Å². The maximum Gasteiger partial charge on any atom is 0.140 e. The van der Waals surface area contributed by atoms with Crippen LogP contribution in [0.25, 0.3) is 0 Å². The SMILES string of the molecule is CC.CCc1ccc(OC)c(C)n1. The van der Waals surface area contributed by atoms with Crippen LogP contribution in [0, 0.1) is 6.92 Å². The van der Waals surface area contributed by atoms with Crippen molar-refractivity contribution in [3.8, 4) is 5.75 Å². The number of rotatable bonds is 2. The third-order valence-electron chi connectivity index (χ3n) is 1.68. The molecular formula is C11H19NO. The molecule has 1 aromatic heterocycles. The van der Waals surface area contributed by atoms with Crippen molar-refractivity contribution < 1.29 is 4.74 Å². The highest BCUT2D eigenvalue weighted by atomic mass is 16.5. The third-order valence-corrected chi connectivity index (χ3v) is 1.68. The van der Waals surface area contributed by atoms with Crippen LogP contribution >= 0.6 is 0 Å². The number of hydrogen-bond acceptors (Lipinski definition) is 2. The van der Waals surface area contributed by atoms with Crippen molar-refractivity contribution in [2.45, 2.75) is 34.1 Å². The standard InChI is InChI=1S/C9H13NO.C2H6/c1-4-8-5-6-9(11-3)7(2)10-8;1-2/h5-6H,4H2,1-3H3;1-2H3. The van der Waals surface area contributed by atoms with Crippen LogP contribution in [0.2, 0.25) is 0 Å². The van der Waals surface area contributed by atoms with Crippen molar-refractivity contribution in [1.82, 2.24) is 4.98 Å². The molecule has 0 fully saturated rings. The van der Waals surface area contributed by atoms with E-state index in [1.54, 1.807) is 7.11 Å². The molecule has 1 rings (SSSR count). The van der Waals surface area contributed by atoms with Crippen molar-refractivity contribution in [3.05, 3.63) is 23.5 Å². The summed E-state index contributed by atoms with van der Waals surface area (Å²) in [4.78, 5) is 4.34. The summed E-state index contributed by atoms with van der Waals surface area (Å²) in [5.41, 5.74) is 2.08. The molecule has 0 saturated carbocycles. The molecule has 13 heavy (non-hydrogen) atoms. The predicted molar refractivity (Wildman–Crippen MR) is 56.3 cm³/mol. The van der Waals surface area contributed by atoms with Gasteiger partial charge in [-0.1, -0.05) is 20.8 Å². The number of aryl methyl sites for hydroxylation is 2. The van der Waals surface area contributed by atoms with Gasteiger partial charge >= 0.3 is 0 Å². The van der Waals surface area contributed by atoms with Gasteiger partial charge in [-0.05, 0) is 25.5 Å². The van der Waals surface area contributed by atoms with Crippen molar-refractivity contribution >= 4 is 0 Å². The van der Waals surface area contributed by atoms with Crippen LogP contribution in [0.1, 0.15) is 32.2 Å². The van der Waals surface area contributed by atoms with E-state index in [-0.39, 0.29) is 0 Å². The number of hydrogen-bond donors (Lipinski definition) is 0. The fourth-order valence-electron chi connectivity index (χ4n) is 1.01. The Morgan fingerprint density at radius 1 is 1.31 bits per heavy atom. The first-order chi connectivity index (χ1) is 6.27. The average molecular weight is 181 g/mol. The van der Waals surface area contributed by atoms with E-state index in [0.717, 1.165) is 23.6 Å². The Morgan fingerprint density at radius 2 is 1.92 bits per heavy atom. The Labute approximate surface area is 81.0 Å². The van der Waals surface area contributed by atoms with Gasteiger partial charge in [0.05, 0.1) is 12.8 Å². The van der Waals surface area contributed by atoms with Gasteiger partial charge in [-0.15, -0.1) is 0 Å². The molecule has 0 unspecified atom stereocenters. The zero-order valence-corrected chi connectivity index (χ0v) is 9.22. The van der Waals surface area contributed by atoms with E-state index in [1.165, 1.54) is 0 Å². The highest BCUT2D eigenvalue weighted by molar-refractivity contribution is 5.28. The first-order valence-electron chi connectivity index (χ1n) is 4.78. The predicted octanol–water partition coefficient (Wildman–Crippen LogP) is 2.99. The van der Waals surface area contributed by atoms with Crippen LogP contribution in [-0.4, -0.2) is 12.1 Å². The molecule has 74 valence electrons. The van der Waals surface area contributed by atoms with E-state index >= 15 is 0 Å². The normalized spacial score (nSPS) is 8.69. The monoisotopic (exact) mass is 181 g/mol. The van der Waals surface area contributed by atoms with E-state index in [4.69, 9.17) is 4.74 Å². The van der Waals surface area contributed by atoms with E-state index in [2.05, 4.69) is 11.9 Å². The minimum atomic E-state index is 0.863. The maximum atomic E-state index is 5.08. The zero-order valence-electron chi connectivity index (χ0n) is 9.22. The summed E-state index contributed by atoms with van der Waals surface area (Å²) >= 11 is 0. The Balaban J connectivity index is 0.000000671. The molecule has 0 spiro atoms. The van der Waals surface area contributed by atoms with Gasteiger partial charge in [0.25, 0.3) is 0 Å². The van der Waals surface area contributed by atoms with E-state index < -0.39 is 0 Å². The molecule has 0 N–H and O–H groups in total. The van der Waals surface area contributed by atoms with Crippen LogP contribution in [0.3, 0.4) is 0 Å². The molecule has 0 aromatic carbocycles. The molecule has 0 atom stereocenters. The first kappa shape index (κ1) is 11.9. The number of pyridine rings is 1. The number of ether oxygens (including phenoxy) is 1. The van der Waals surface area contributed by atoms with Crippen LogP contribution in [0.5, 0.6) is 5.75 Å². The van der Waals surface area contributed by atoms with Crippen molar-refractivity contribution in [3.63, 3.8) is 0 Å². The summed E-state index contributed by atoms with van der Waals surface area (Å²) in [5.74, 6) is 0.863. The maximum absolute atomic E-state index is 5.08. The second-order valence-corrected chi connectivity index (χ2v) is 2.44. The largest absolute Gasteiger partial charge is 0.495 e. The lowest BCUT2D eigenvalue weighted by molar-refractivity contribution is 0.409. The summed E-state index contributed by atoms with van der Waals surface area (Å²) in [7, 11) is 1.66. The fourth-order valence-corrected chi connectivity index (χ4v) is 1.01. The highest BCUT2D eigenvalue weighted by Gasteiger charge is 1.98. The molecule has 2 heteroatoms. The molecule has 0 radical (unpaired) electrons. The topological polar surface area (TPSA) is 22.1 Å². The summed E-state index contributed by atoms with van der Waals surface area (Å²) in [5, 5.41) is 0. The highest BCUT2D eigenvalue weighted by Crippen LogP contribution is 2.14. The van der Waals surface area contributed by atoms with Gasteiger partial charge in [0.15, 0.2) is 0 Å². The van der Waals surface area contributed by atoms with E-state index in [0.29, 0.717) is 0 Å². The molecule has 0 aliphatic rings. The molecule has 1 aromatic rings. The number of nitrogens with zero attached hydrogens (tertiary/aromatic N) is 1. The Hall–Kier alpha value is -1.05. The molecule has 0 saturated heterocycles. The quantitative estimate of drug-likeness (QED) is 0.699. The summed E-state index contributed by atoms with van der Waals surface area (Å²) in [6.07, 6.45) is 0.977. The van der Waals surface area contributed by atoms with Gasteiger partial charge in [0.1, 0.15) is 5.75 Å². The second-order valence-electron chi connectivity index (χ2n) is 2.44. The second kappa shape index (κ2) is 6.46. The van der Waals surface area contributed by atoms with Crippen LogP contribution in [0.4, 0.5) is 0 Å². The Morgan fingerprint density at radius 3 is 2.31 bits per heavy atom. The van der Waals surface area contributed by atoms with Gasteiger partial charge in [0, 0.05) is 5.69 Å². The molecular weight excluding hydrogens is 162 g/mol. The Kier molecular flexibility index (Phi) is 5.94. The van der Waals surface area contributed by atoms with Crippen molar-refractivity contribution in [1.29, 1.82) is 0 Å². The summed E-state index contributed by atoms with van der Waals surface area (Å²) in [6.45, 7) is 8.05. The van der Waals surface area contributed by atoms with Crippen LogP contribution in [0.15, 0.2) is 12.1 Å². The lowest BCUT2D eigenvalue weighted by Crippen LogP contribution is -1.93. The minimum absolute atomic E-state index is 0.863. The van der Waals surface area contributed by atoms with Crippen LogP contribution in [-0.2, 0) is 6.42 Å². The Bertz CT molecular complexity index is 246. The van der Waals surface area contributed by atoms with Crippen molar-refractivity contribution in [2.75, 3.05) is 7.11 Å². The van der Waals surface area contributed by atoms with Gasteiger partial charge in [0.2, 0.25) is 0 Å². The van der Waals surface area contributed by atoms with Crippen LogP contribution < -0.4 is 4.74 Å². The molecule has 0 bridgehead atoms. The van der Waals surface area contributed by atoms with Gasteiger partial charge in [-0.25, -0.2) is 0 Å². The lowest BCUT2D eigenvalue weighted by Gasteiger charge is -2.04. The number of methoxy groups -OCH3 is 1. The summed E-state index contributed by atoms with van der Waals surface area (Å²) < 4.78 is 5.08. The van der Waals surface area contributed by atoms with E-state index in [1.807, 2.05) is 32.9 Å². The molecule has 2 nitrogen and oxygen atoms in total. The molecule has 1 heterocycles. The van der Waals surface area contributed by atoms with Crippen molar-refractivity contribution in [2.24, 2.45) is 0 Å². The van der Waals surface area contributed by atoms with Gasteiger partial charge in [-0.2, -0.15) is 0 Å². The first-order valence-corrected chi connectivity index (χ1v) is 4.78. The molecule has 0 amide bonds. The summed E-state index contributed by atoms with van der Waals surface area (Å²) in [6, 6.07) is 3.95. The third kappa shape index (κ3) is 3.45. The fraction of sp³-hybridized carbons (Fsp3) is 0.545. The average Bonchev–Trinajstić information content (AvgIpc) is 2.20. The minimum Gasteiger partial charge on any atom is -0.495 e. The molecule has 0 aliphatic heterocycles. The zero-order chi connectivity index (χ0) is 10.3.